The maximum atomic E-state index is 12.7. The van der Waals surface area contributed by atoms with Gasteiger partial charge in [0, 0.05) is 0 Å². The molecule has 0 saturated carbocycles. The van der Waals surface area contributed by atoms with Crippen LogP contribution in [0.4, 0.5) is 4.20 Å². The Morgan fingerprint density at radius 3 is 2.50 bits per heavy atom. The van der Waals surface area contributed by atoms with Gasteiger partial charge in [-0.25, -0.2) is 0 Å². The van der Waals surface area contributed by atoms with Crippen molar-refractivity contribution in [1.29, 1.82) is 0 Å². The molecule has 0 bridgehead atoms. The molecule has 2 unspecified atom stereocenters. The Bertz CT molecular complexity index is 161. The molecule has 4 heteroatoms. The zero-order valence-corrected chi connectivity index (χ0v) is 8.94. The molecular formula is C8H18FO2P. The van der Waals surface area contributed by atoms with Gasteiger partial charge in [0.25, 0.3) is 0 Å². The molecule has 0 aromatic rings. The minimum atomic E-state index is -3.74. The highest BCUT2D eigenvalue weighted by atomic mass is 31.2. The molecule has 0 aliphatic rings. The van der Waals surface area contributed by atoms with Gasteiger partial charge in [0.1, 0.15) is 0 Å². The van der Waals surface area contributed by atoms with Crippen LogP contribution in [0.3, 0.4) is 0 Å². The van der Waals surface area contributed by atoms with E-state index in [0.717, 1.165) is 12.8 Å². The van der Waals surface area contributed by atoms with Crippen molar-refractivity contribution in [2.24, 2.45) is 5.92 Å². The molecule has 0 heterocycles. The lowest BCUT2D eigenvalue weighted by atomic mass is 10.1. The zero-order valence-electron chi connectivity index (χ0n) is 8.05. The average molecular weight is 196 g/mol. The van der Waals surface area contributed by atoms with Crippen LogP contribution in [0, 0.1) is 5.92 Å². The van der Waals surface area contributed by atoms with E-state index in [9.17, 15) is 8.76 Å². The van der Waals surface area contributed by atoms with Crippen LogP contribution in [-0.2, 0) is 9.09 Å². The molecule has 0 aliphatic carbocycles. The third-order valence-corrected chi connectivity index (χ3v) is 3.29. The van der Waals surface area contributed by atoms with Crippen molar-refractivity contribution in [3.05, 3.63) is 0 Å². The normalized spacial score (nSPS) is 18.7. The van der Waals surface area contributed by atoms with E-state index in [1.165, 1.54) is 6.92 Å². The van der Waals surface area contributed by atoms with Crippen molar-refractivity contribution in [3.63, 3.8) is 0 Å². The molecule has 0 aromatic heterocycles. The van der Waals surface area contributed by atoms with Crippen molar-refractivity contribution in [2.45, 2.75) is 33.6 Å². The third-order valence-electron chi connectivity index (χ3n) is 1.97. The number of hydrogen-bond donors (Lipinski definition) is 0. The van der Waals surface area contributed by atoms with E-state index in [4.69, 9.17) is 0 Å². The fourth-order valence-corrected chi connectivity index (χ4v) is 1.25. The van der Waals surface area contributed by atoms with Crippen LogP contribution in [-0.4, -0.2) is 12.8 Å². The maximum Gasteiger partial charge on any atom is 0.367 e. The van der Waals surface area contributed by atoms with Crippen LogP contribution in [0.25, 0.3) is 0 Å². The highest BCUT2D eigenvalue weighted by Gasteiger charge is 2.18. The van der Waals surface area contributed by atoms with E-state index < -0.39 is 7.68 Å². The largest absolute Gasteiger partial charge is 0.367 e. The first-order valence-electron chi connectivity index (χ1n) is 4.45. The van der Waals surface area contributed by atoms with Crippen LogP contribution in [0.1, 0.15) is 33.6 Å². The highest BCUT2D eigenvalue weighted by molar-refractivity contribution is 7.53. The molecule has 0 rings (SSSR count). The second kappa shape index (κ2) is 5.71. The summed E-state index contributed by atoms with van der Waals surface area (Å²) in [4.78, 5) is 0. The Morgan fingerprint density at radius 2 is 2.08 bits per heavy atom. The smallest absolute Gasteiger partial charge is 0.306 e. The summed E-state index contributed by atoms with van der Waals surface area (Å²) in [5, 5.41) is 0. The van der Waals surface area contributed by atoms with Crippen LogP contribution in [0.5, 0.6) is 0 Å². The topological polar surface area (TPSA) is 26.3 Å². The lowest BCUT2D eigenvalue weighted by molar-refractivity contribution is 0.261. The van der Waals surface area contributed by atoms with E-state index >= 15 is 0 Å². The standard InChI is InChI=1S/C8H18FO2P/c1-4-8(3)6-7-11-12(9,10)5-2/h8H,4-7H2,1-3H3. The first kappa shape index (κ1) is 12.1. The van der Waals surface area contributed by atoms with E-state index in [2.05, 4.69) is 18.4 Å². The lowest BCUT2D eigenvalue weighted by Gasteiger charge is -2.10. The second-order valence-corrected chi connectivity index (χ2v) is 5.11. The van der Waals surface area contributed by atoms with Crippen molar-refractivity contribution in [1.82, 2.24) is 0 Å². The Balaban J connectivity index is 3.49. The third kappa shape index (κ3) is 5.73. The van der Waals surface area contributed by atoms with Crippen LogP contribution < -0.4 is 0 Å². The fourth-order valence-electron chi connectivity index (χ4n) is 0.686. The molecule has 0 amide bonds. The molecule has 0 saturated heterocycles. The Hall–Kier alpha value is 0.120. The monoisotopic (exact) mass is 196 g/mol. The van der Waals surface area contributed by atoms with Crippen molar-refractivity contribution < 1.29 is 13.3 Å². The molecule has 0 spiro atoms. The quantitative estimate of drug-likeness (QED) is 0.606. The van der Waals surface area contributed by atoms with Gasteiger partial charge in [0.15, 0.2) is 0 Å². The summed E-state index contributed by atoms with van der Waals surface area (Å²) in [6, 6.07) is 0. The summed E-state index contributed by atoms with van der Waals surface area (Å²) in [5.74, 6) is 0.516. The van der Waals surface area contributed by atoms with Crippen molar-refractivity contribution >= 4 is 7.68 Å². The van der Waals surface area contributed by atoms with Gasteiger partial charge in [-0.05, 0) is 12.3 Å². The number of halogens is 1. The predicted octanol–water partition coefficient (Wildman–Crippen LogP) is 3.62. The highest BCUT2D eigenvalue weighted by Crippen LogP contribution is 2.48. The SMILES string of the molecule is CCC(C)CCOP(=O)(F)CC. The summed E-state index contributed by atoms with van der Waals surface area (Å²) in [5.41, 5.74) is 0. The second-order valence-electron chi connectivity index (χ2n) is 3.04. The summed E-state index contributed by atoms with van der Waals surface area (Å²) >= 11 is 0. The molecule has 0 radical (unpaired) electrons. The Morgan fingerprint density at radius 1 is 1.50 bits per heavy atom. The Kier molecular flexibility index (Phi) is 5.77. The lowest BCUT2D eigenvalue weighted by Crippen LogP contribution is -1.99. The molecular weight excluding hydrogens is 178 g/mol. The van der Waals surface area contributed by atoms with E-state index in [1.807, 2.05) is 0 Å². The molecule has 2 atom stereocenters. The van der Waals surface area contributed by atoms with E-state index in [1.54, 1.807) is 0 Å². The molecule has 74 valence electrons. The molecule has 2 nitrogen and oxygen atoms in total. The maximum absolute atomic E-state index is 12.7. The van der Waals surface area contributed by atoms with Crippen LogP contribution in [0.2, 0.25) is 0 Å². The van der Waals surface area contributed by atoms with Gasteiger partial charge in [0.05, 0.1) is 12.8 Å². The van der Waals surface area contributed by atoms with Crippen LogP contribution >= 0.6 is 7.68 Å². The van der Waals surface area contributed by atoms with Gasteiger partial charge in [-0.15, -0.1) is 0 Å². The molecule has 0 N–H and O–H groups in total. The van der Waals surface area contributed by atoms with Crippen molar-refractivity contribution in [3.8, 4) is 0 Å². The Labute approximate surface area is 74.1 Å². The summed E-state index contributed by atoms with van der Waals surface area (Å²) < 4.78 is 28.1. The molecule has 12 heavy (non-hydrogen) atoms. The van der Waals surface area contributed by atoms with Gasteiger partial charge in [-0.3, -0.25) is 4.57 Å². The van der Waals surface area contributed by atoms with Gasteiger partial charge >= 0.3 is 7.68 Å². The summed E-state index contributed by atoms with van der Waals surface area (Å²) in [6.07, 6.45) is 1.81. The van der Waals surface area contributed by atoms with E-state index in [-0.39, 0.29) is 12.8 Å². The number of hydrogen-bond acceptors (Lipinski definition) is 2. The van der Waals surface area contributed by atoms with Gasteiger partial charge in [-0.2, -0.15) is 4.20 Å². The van der Waals surface area contributed by atoms with Gasteiger partial charge in [0.2, 0.25) is 0 Å². The predicted molar refractivity (Wildman–Crippen MR) is 49.3 cm³/mol. The average Bonchev–Trinajstić information content (AvgIpc) is 2.04. The summed E-state index contributed by atoms with van der Waals surface area (Å²) in [6.45, 7) is 5.94. The molecule has 0 fully saturated rings. The summed E-state index contributed by atoms with van der Waals surface area (Å²) in [7, 11) is -3.74. The van der Waals surface area contributed by atoms with Crippen LogP contribution in [0.15, 0.2) is 0 Å². The minimum Gasteiger partial charge on any atom is -0.306 e. The first-order valence-corrected chi connectivity index (χ1v) is 6.15. The van der Waals surface area contributed by atoms with Gasteiger partial charge in [-0.1, -0.05) is 27.2 Å². The fraction of sp³-hybridized carbons (Fsp3) is 1.00. The molecule has 0 aromatic carbocycles. The zero-order chi connectivity index (χ0) is 9.61. The van der Waals surface area contributed by atoms with E-state index in [0.29, 0.717) is 5.92 Å². The number of rotatable bonds is 6. The first-order chi connectivity index (χ1) is 5.52. The minimum absolute atomic E-state index is 0.0203. The van der Waals surface area contributed by atoms with Gasteiger partial charge < -0.3 is 4.52 Å². The molecule has 0 aliphatic heterocycles. The van der Waals surface area contributed by atoms with Crippen molar-refractivity contribution in [2.75, 3.05) is 12.8 Å².